The first kappa shape index (κ1) is 15.0. The van der Waals surface area contributed by atoms with Gasteiger partial charge in [0, 0.05) is 43.9 Å². The van der Waals surface area contributed by atoms with E-state index in [-0.39, 0.29) is 0 Å². The first-order valence-corrected chi connectivity index (χ1v) is 7.54. The van der Waals surface area contributed by atoms with Gasteiger partial charge in [-0.15, -0.1) is 0 Å². The van der Waals surface area contributed by atoms with Crippen molar-refractivity contribution >= 4 is 11.8 Å². The molecule has 1 heterocycles. The molecule has 0 atom stereocenters. The Bertz CT molecular complexity index is 490. The topological polar surface area (TPSA) is 47.0 Å². The number of nitrogens with zero attached hydrogens (tertiary/aromatic N) is 2. The van der Waals surface area contributed by atoms with Gasteiger partial charge in [0.25, 0.3) is 0 Å². The molecule has 0 radical (unpaired) electrons. The summed E-state index contributed by atoms with van der Waals surface area (Å²) >= 11 is 1.65. The fourth-order valence-corrected chi connectivity index (χ4v) is 2.38. The van der Waals surface area contributed by atoms with Crippen LogP contribution in [0.15, 0.2) is 47.9 Å². The molecule has 1 aromatic heterocycles. The third-order valence-electron chi connectivity index (χ3n) is 2.70. The molecule has 1 N–H and O–H groups in total. The smallest absolute Gasteiger partial charge is 0.187 e. The van der Waals surface area contributed by atoms with E-state index in [0.717, 1.165) is 29.6 Å². The molecule has 0 saturated heterocycles. The predicted molar refractivity (Wildman–Crippen MR) is 81.6 cm³/mol. The highest BCUT2D eigenvalue weighted by atomic mass is 32.2. The summed E-state index contributed by atoms with van der Waals surface area (Å²) in [6.45, 7) is 2.32. The summed E-state index contributed by atoms with van der Waals surface area (Å²) in [5.41, 5.74) is 2.37. The zero-order valence-electron chi connectivity index (χ0n) is 11.6. The van der Waals surface area contributed by atoms with E-state index >= 15 is 0 Å². The van der Waals surface area contributed by atoms with Crippen molar-refractivity contribution in [2.45, 2.75) is 17.5 Å². The quantitative estimate of drug-likeness (QED) is 0.459. The molecular formula is C15H19N3OS. The lowest BCUT2D eigenvalue weighted by Crippen LogP contribution is -2.18. The maximum Gasteiger partial charge on any atom is 0.187 e. The number of rotatable bonds is 8. The monoisotopic (exact) mass is 289 g/mol. The van der Waals surface area contributed by atoms with Crippen LogP contribution in [-0.4, -0.2) is 30.2 Å². The van der Waals surface area contributed by atoms with Gasteiger partial charge in [0.15, 0.2) is 5.16 Å². The average molecular weight is 289 g/mol. The number of thioether (sulfide) groups is 1. The van der Waals surface area contributed by atoms with Crippen LogP contribution in [0.25, 0.3) is 0 Å². The van der Waals surface area contributed by atoms with Crippen LogP contribution in [-0.2, 0) is 17.0 Å². The van der Waals surface area contributed by atoms with Crippen molar-refractivity contribution in [3.8, 4) is 0 Å². The number of hydrogen-bond acceptors (Lipinski definition) is 5. The number of hydrogen-bond donors (Lipinski definition) is 1. The van der Waals surface area contributed by atoms with Gasteiger partial charge in [-0.2, -0.15) is 0 Å². The van der Waals surface area contributed by atoms with E-state index in [4.69, 9.17) is 4.74 Å². The van der Waals surface area contributed by atoms with Gasteiger partial charge in [0.2, 0.25) is 0 Å². The Morgan fingerprint density at radius 3 is 2.55 bits per heavy atom. The zero-order chi connectivity index (χ0) is 14.0. The van der Waals surface area contributed by atoms with E-state index in [1.807, 2.05) is 30.6 Å². The van der Waals surface area contributed by atoms with Gasteiger partial charge < -0.3 is 10.1 Å². The summed E-state index contributed by atoms with van der Waals surface area (Å²) in [5.74, 6) is 0.895. The van der Waals surface area contributed by atoms with Crippen molar-refractivity contribution in [1.82, 2.24) is 15.3 Å². The molecule has 106 valence electrons. The number of aromatic nitrogens is 2. The minimum atomic E-state index is 0.714. The number of methoxy groups -OCH3 is 1. The SMILES string of the molecule is COCCNCc1cnc(SCc2ccccc2)nc1. The van der Waals surface area contributed by atoms with Crippen molar-refractivity contribution in [2.24, 2.45) is 0 Å². The Labute approximate surface area is 124 Å². The van der Waals surface area contributed by atoms with Gasteiger partial charge in [-0.25, -0.2) is 9.97 Å². The number of nitrogens with one attached hydrogen (secondary N) is 1. The number of benzene rings is 1. The second-order valence-corrected chi connectivity index (χ2v) is 5.26. The average Bonchev–Trinajstić information content (AvgIpc) is 2.52. The van der Waals surface area contributed by atoms with E-state index in [1.165, 1.54) is 5.56 Å². The standard InChI is InChI=1S/C15H19N3OS/c1-19-8-7-16-9-14-10-17-15(18-11-14)20-12-13-5-3-2-4-6-13/h2-6,10-11,16H,7-9,12H2,1H3. The Hall–Kier alpha value is -1.43. The molecule has 0 fully saturated rings. The Morgan fingerprint density at radius 2 is 1.85 bits per heavy atom. The Kier molecular flexibility index (Phi) is 6.50. The Balaban J connectivity index is 1.76. The fraction of sp³-hybridized carbons (Fsp3) is 0.333. The minimum absolute atomic E-state index is 0.714. The highest BCUT2D eigenvalue weighted by Gasteiger charge is 2.00. The molecule has 0 aliphatic heterocycles. The van der Waals surface area contributed by atoms with Crippen LogP contribution in [0.4, 0.5) is 0 Å². The summed E-state index contributed by atoms with van der Waals surface area (Å²) in [4.78, 5) is 8.75. The molecule has 0 aliphatic carbocycles. The van der Waals surface area contributed by atoms with Gasteiger partial charge in [0.1, 0.15) is 0 Å². The highest BCUT2D eigenvalue weighted by Crippen LogP contribution is 2.18. The van der Waals surface area contributed by atoms with Crippen LogP contribution in [0.3, 0.4) is 0 Å². The summed E-state index contributed by atoms with van der Waals surface area (Å²) in [6, 6.07) is 10.3. The molecule has 2 aromatic rings. The summed E-state index contributed by atoms with van der Waals surface area (Å²) in [7, 11) is 1.70. The fourth-order valence-electron chi connectivity index (χ4n) is 1.64. The molecule has 2 rings (SSSR count). The van der Waals surface area contributed by atoms with Crippen LogP contribution in [0.1, 0.15) is 11.1 Å². The second kappa shape index (κ2) is 8.68. The molecule has 0 amide bonds. The van der Waals surface area contributed by atoms with Gasteiger partial charge in [-0.05, 0) is 5.56 Å². The molecule has 4 nitrogen and oxygen atoms in total. The largest absolute Gasteiger partial charge is 0.383 e. The van der Waals surface area contributed by atoms with Crippen LogP contribution < -0.4 is 5.32 Å². The number of ether oxygens (including phenoxy) is 1. The molecule has 0 unspecified atom stereocenters. The summed E-state index contributed by atoms with van der Waals surface area (Å²) in [6.07, 6.45) is 3.75. The zero-order valence-corrected chi connectivity index (χ0v) is 12.4. The van der Waals surface area contributed by atoms with Gasteiger partial charge in [-0.3, -0.25) is 0 Å². The van der Waals surface area contributed by atoms with Gasteiger partial charge in [0.05, 0.1) is 6.61 Å². The molecule has 0 spiro atoms. The molecule has 5 heteroatoms. The molecule has 0 saturated carbocycles. The van der Waals surface area contributed by atoms with Crippen molar-refractivity contribution in [1.29, 1.82) is 0 Å². The maximum atomic E-state index is 4.98. The van der Waals surface area contributed by atoms with E-state index in [2.05, 4.69) is 27.4 Å². The van der Waals surface area contributed by atoms with Crippen LogP contribution in [0, 0.1) is 0 Å². The lowest BCUT2D eigenvalue weighted by atomic mass is 10.2. The predicted octanol–water partition coefficient (Wildman–Crippen LogP) is 2.50. The van der Waals surface area contributed by atoms with Crippen molar-refractivity contribution < 1.29 is 4.74 Å². The first-order valence-electron chi connectivity index (χ1n) is 6.56. The van der Waals surface area contributed by atoms with E-state index in [1.54, 1.807) is 18.9 Å². The second-order valence-electron chi connectivity index (χ2n) is 4.32. The lowest BCUT2D eigenvalue weighted by Gasteiger charge is -2.04. The van der Waals surface area contributed by atoms with E-state index in [0.29, 0.717) is 6.61 Å². The normalized spacial score (nSPS) is 10.7. The molecule has 20 heavy (non-hydrogen) atoms. The van der Waals surface area contributed by atoms with Crippen molar-refractivity contribution in [3.05, 3.63) is 53.9 Å². The van der Waals surface area contributed by atoms with Crippen molar-refractivity contribution in [2.75, 3.05) is 20.3 Å². The Morgan fingerprint density at radius 1 is 1.10 bits per heavy atom. The molecular weight excluding hydrogens is 270 g/mol. The van der Waals surface area contributed by atoms with Crippen LogP contribution in [0.5, 0.6) is 0 Å². The summed E-state index contributed by atoms with van der Waals surface area (Å²) in [5, 5.41) is 4.08. The highest BCUT2D eigenvalue weighted by molar-refractivity contribution is 7.98. The minimum Gasteiger partial charge on any atom is -0.383 e. The van der Waals surface area contributed by atoms with Gasteiger partial charge >= 0.3 is 0 Å². The molecule has 0 aliphatic rings. The van der Waals surface area contributed by atoms with E-state index in [9.17, 15) is 0 Å². The summed E-state index contributed by atoms with van der Waals surface area (Å²) < 4.78 is 4.98. The maximum absolute atomic E-state index is 4.98. The van der Waals surface area contributed by atoms with Crippen LogP contribution in [0.2, 0.25) is 0 Å². The third kappa shape index (κ3) is 5.28. The van der Waals surface area contributed by atoms with E-state index < -0.39 is 0 Å². The van der Waals surface area contributed by atoms with Crippen molar-refractivity contribution in [3.63, 3.8) is 0 Å². The lowest BCUT2D eigenvalue weighted by molar-refractivity contribution is 0.199. The third-order valence-corrected chi connectivity index (χ3v) is 3.65. The van der Waals surface area contributed by atoms with Gasteiger partial charge in [-0.1, -0.05) is 42.1 Å². The molecule has 0 bridgehead atoms. The van der Waals surface area contributed by atoms with Crippen LogP contribution >= 0.6 is 11.8 Å². The molecule has 1 aromatic carbocycles. The first-order chi connectivity index (χ1) is 9.88.